The normalized spacial score (nSPS) is 10.7. The van der Waals surface area contributed by atoms with E-state index in [1.54, 1.807) is 42.5 Å². The molecule has 194 valence electrons. The molecular formula is C30H22N2O7. The number of esters is 2. The van der Waals surface area contributed by atoms with E-state index in [2.05, 4.69) is 0 Å². The van der Waals surface area contributed by atoms with Gasteiger partial charge in [0.25, 0.3) is 0 Å². The first-order valence-electron chi connectivity index (χ1n) is 11.7. The van der Waals surface area contributed by atoms with Crippen molar-refractivity contribution in [2.45, 2.75) is 0 Å². The number of nitrogens with two attached hydrogens (primary N) is 2. The summed E-state index contributed by atoms with van der Waals surface area (Å²) in [6.45, 7) is 0. The van der Waals surface area contributed by atoms with Crippen LogP contribution in [0.5, 0.6) is 17.2 Å². The van der Waals surface area contributed by atoms with Crippen LogP contribution < -0.4 is 31.1 Å². The van der Waals surface area contributed by atoms with Crippen LogP contribution in [0.4, 0.5) is 11.4 Å². The van der Waals surface area contributed by atoms with Gasteiger partial charge in [-0.25, -0.2) is 9.59 Å². The highest BCUT2D eigenvalue weighted by Gasteiger charge is 2.16. The van der Waals surface area contributed by atoms with Crippen LogP contribution in [0.2, 0.25) is 0 Å². The van der Waals surface area contributed by atoms with Crippen molar-refractivity contribution in [3.63, 3.8) is 0 Å². The zero-order valence-corrected chi connectivity index (χ0v) is 20.7. The van der Waals surface area contributed by atoms with E-state index in [0.29, 0.717) is 33.7 Å². The minimum absolute atomic E-state index is 0.0620. The summed E-state index contributed by atoms with van der Waals surface area (Å²) in [6, 6.07) is 23.0. The van der Waals surface area contributed by atoms with E-state index in [1.165, 1.54) is 55.6 Å². The molecule has 5 aromatic rings. The van der Waals surface area contributed by atoms with Crippen molar-refractivity contribution in [3.05, 3.63) is 112 Å². The molecule has 0 saturated heterocycles. The minimum Gasteiger partial charge on any atom is -0.497 e. The Morgan fingerprint density at radius 2 is 1.21 bits per heavy atom. The van der Waals surface area contributed by atoms with E-state index in [1.807, 2.05) is 0 Å². The Kier molecular flexibility index (Phi) is 6.71. The molecule has 0 bridgehead atoms. The fourth-order valence-electron chi connectivity index (χ4n) is 3.81. The van der Waals surface area contributed by atoms with Crippen molar-refractivity contribution in [1.82, 2.24) is 0 Å². The number of carbonyl (C=O) groups is 2. The molecule has 5 rings (SSSR count). The Morgan fingerprint density at radius 3 is 1.72 bits per heavy atom. The second-order valence-electron chi connectivity index (χ2n) is 8.55. The highest BCUT2D eigenvalue weighted by molar-refractivity contribution is 5.93. The molecular weight excluding hydrogens is 500 g/mol. The number of hydrogen-bond donors (Lipinski definition) is 2. The molecule has 0 aliphatic carbocycles. The molecule has 0 fully saturated rings. The van der Waals surface area contributed by atoms with Gasteiger partial charge < -0.3 is 30.1 Å². The van der Waals surface area contributed by atoms with Crippen molar-refractivity contribution in [1.29, 1.82) is 0 Å². The molecule has 0 atom stereocenters. The molecule has 0 aliphatic heterocycles. The van der Waals surface area contributed by atoms with E-state index in [-0.39, 0.29) is 33.8 Å². The Balaban J connectivity index is 1.55. The van der Waals surface area contributed by atoms with Crippen LogP contribution in [0.15, 0.2) is 100 Å². The van der Waals surface area contributed by atoms with Gasteiger partial charge >= 0.3 is 11.9 Å². The lowest BCUT2D eigenvalue weighted by molar-refractivity contribution is 0.0733. The van der Waals surface area contributed by atoms with Crippen LogP contribution in [-0.4, -0.2) is 19.0 Å². The SMILES string of the molecule is COc1ccc2oc(-c3cc(OC(=O)c4ccc(N)cc4)cc(OC(=O)c4ccc(N)cc4)c3)cc(=O)c2c1. The average Bonchev–Trinajstić information content (AvgIpc) is 2.93. The molecule has 39 heavy (non-hydrogen) atoms. The molecule has 0 spiro atoms. The third-order valence-electron chi connectivity index (χ3n) is 5.81. The van der Waals surface area contributed by atoms with Crippen LogP contribution >= 0.6 is 0 Å². The Morgan fingerprint density at radius 1 is 0.667 bits per heavy atom. The molecule has 4 aromatic carbocycles. The topological polar surface area (TPSA) is 144 Å². The molecule has 0 unspecified atom stereocenters. The molecule has 4 N–H and O–H groups in total. The smallest absolute Gasteiger partial charge is 0.343 e. The van der Waals surface area contributed by atoms with Crippen molar-refractivity contribution in [2.24, 2.45) is 0 Å². The zero-order chi connectivity index (χ0) is 27.5. The summed E-state index contributed by atoms with van der Waals surface area (Å²) >= 11 is 0. The number of ether oxygens (including phenoxy) is 3. The molecule has 9 nitrogen and oxygen atoms in total. The van der Waals surface area contributed by atoms with Gasteiger partial charge in [0.15, 0.2) is 5.43 Å². The van der Waals surface area contributed by atoms with Gasteiger partial charge in [0.2, 0.25) is 0 Å². The van der Waals surface area contributed by atoms with Gasteiger partial charge in [-0.15, -0.1) is 0 Å². The second-order valence-corrected chi connectivity index (χ2v) is 8.55. The average molecular weight is 523 g/mol. The minimum atomic E-state index is -0.657. The Hall–Kier alpha value is -5.57. The number of hydrogen-bond acceptors (Lipinski definition) is 9. The second kappa shape index (κ2) is 10.4. The van der Waals surface area contributed by atoms with E-state index >= 15 is 0 Å². The molecule has 9 heteroatoms. The summed E-state index contributed by atoms with van der Waals surface area (Å²) in [7, 11) is 1.50. The largest absolute Gasteiger partial charge is 0.497 e. The summed E-state index contributed by atoms with van der Waals surface area (Å²) in [6.07, 6.45) is 0. The van der Waals surface area contributed by atoms with Crippen molar-refractivity contribution in [2.75, 3.05) is 18.6 Å². The summed E-state index contributed by atoms with van der Waals surface area (Å²) in [5, 5.41) is 0.332. The van der Waals surface area contributed by atoms with Crippen LogP contribution in [0.1, 0.15) is 20.7 Å². The number of nitrogen functional groups attached to an aromatic ring is 2. The number of methoxy groups -OCH3 is 1. The standard InChI is InChI=1S/C30H22N2O7/c1-36-22-10-11-27-25(15-22)26(33)16-28(39-27)19-12-23(37-29(34)17-2-6-20(31)7-3-17)14-24(13-19)38-30(35)18-4-8-21(32)9-5-18/h2-16H,31-32H2,1H3. The van der Waals surface area contributed by atoms with Gasteiger partial charge in [-0.05, 0) is 78.9 Å². The molecule has 1 heterocycles. The first-order chi connectivity index (χ1) is 18.8. The summed E-state index contributed by atoms with van der Waals surface area (Å²) < 4.78 is 22.3. The number of anilines is 2. The fourth-order valence-corrected chi connectivity index (χ4v) is 3.81. The van der Waals surface area contributed by atoms with Gasteiger partial charge in [0.05, 0.1) is 23.6 Å². The van der Waals surface area contributed by atoms with E-state index in [0.717, 1.165) is 0 Å². The Bertz CT molecular complexity index is 1680. The lowest BCUT2D eigenvalue weighted by atomic mass is 10.1. The van der Waals surface area contributed by atoms with Gasteiger partial charge in [-0.1, -0.05) is 0 Å². The lowest BCUT2D eigenvalue weighted by Crippen LogP contribution is -2.11. The van der Waals surface area contributed by atoms with Crippen molar-refractivity contribution in [3.8, 4) is 28.6 Å². The first-order valence-corrected chi connectivity index (χ1v) is 11.7. The maximum absolute atomic E-state index is 12.9. The summed E-state index contributed by atoms with van der Waals surface area (Å²) in [4.78, 5) is 38.4. The molecule has 0 amide bonds. The third kappa shape index (κ3) is 5.57. The molecule has 0 saturated carbocycles. The quantitative estimate of drug-likeness (QED) is 0.177. The monoisotopic (exact) mass is 522 g/mol. The van der Waals surface area contributed by atoms with E-state index in [9.17, 15) is 14.4 Å². The predicted octanol–water partition coefficient (Wildman–Crippen LogP) is 5.07. The van der Waals surface area contributed by atoms with E-state index < -0.39 is 11.9 Å². The number of carbonyl (C=O) groups excluding carboxylic acids is 2. The van der Waals surface area contributed by atoms with Crippen LogP contribution in [0.25, 0.3) is 22.3 Å². The Labute approximate surface area is 222 Å². The first kappa shape index (κ1) is 25.1. The fraction of sp³-hybridized carbons (Fsp3) is 0.0333. The van der Waals surface area contributed by atoms with Gasteiger partial charge in [-0.3, -0.25) is 4.79 Å². The number of fused-ring (bicyclic) bond motifs is 1. The highest BCUT2D eigenvalue weighted by atomic mass is 16.5. The van der Waals surface area contributed by atoms with Gasteiger partial charge in [-0.2, -0.15) is 0 Å². The lowest BCUT2D eigenvalue weighted by Gasteiger charge is -2.11. The molecule has 1 aromatic heterocycles. The maximum atomic E-state index is 12.9. The molecule has 0 radical (unpaired) electrons. The zero-order valence-electron chi connectivity index (χ0n) is 20.7. The predicted molar refractivity (Wildman–Crippen MR) is 146 cm³/mol. The van der Waals surface area contributed by atoms with Crippen LogP contribution in [-0.2, 0) is 0 Å². The molecule has 0 aliphatic rings. The van der Waals surface area contributed by atoms with Crippen molar-refractivity contribution < 1.29 is 28.2 Å². The van der Waals surface area contributed by atoms with Crippen LogP contribution in [0.3, 0.4) is 0 Å². The van der Waals surface area contributed by atoms with Gasteiger partial charge in [0.1, 0.15) is 28.6 Å². The van der Waals surface area contributed by atoms with E-state index in [4.69, 9.17) is 30.1 Å². The van der Waals surface area contributed by atoms with Gasteiger partial charge in [0, 0.05) is 29.1 Å². The number of rotatable bonds is 6. The third-order valence-corrected chi connectivity index (χ3v) is 5.81. The summed E-state index contributed by atoms with van der Waals surface area (Å²) in [5.74, 6) is -0.507. The highest BCUT2D eigenvalue weighted by Crippen LogP contribution is 2.32. The van der Waals surface area contributed by atoms with Crippen LogP contribution in [0, 0.1) is 0 Å². The number of benzene rings is 4. The maximum Gasteiger partial charge on any atom is 0.343 e. The van der Waals surface area contributed by atoms with Crippen molar-refractivity contribution >= 4 is 34.3 Å². The summed E-state index contributed by atoms with van der Waals surface area (Å²) in [5.41, 5.74) is 13.3.